The minimum absolute atomic E-state index is 0.00157. The maximum atomic E-state index is 12.6. The number of sulfonamides is 1. The molecule has 1 aliphatic rings. The molecule has 0 amide bonds. The summed E-state index contributed by atoms with van der Waals surface area (Å²) in [6.07, 6.45) is 0.975. The Morgan fingerprint density at radius 3 is 2.87 bits per heavy atom. The molecule has 122 valence electrons. The molecule has 0 radical (unpaired) electrons. The molecule has 2 aromatic rings. The summed E-state index contributed by atoms with van der Waals surface area (Å²) in [5.41, 5.74) is 3.37. The Kier molecular flexibility index (Phi) is 4.87. The Morgan fingerprint density at radius 1 is 1.26 bits per heavy atom. The number of nitrogens with one attached hydrogen (secondary N) is 2. The Hall–Kier alpha value is -1.21. The molecule has 0 spiro atoms. The van der Waals surface area contributed by atoms with Crippen LogP contribution in [-0.2, 0) is 16.4 Å². The highest BCUT2D eigenvalue weighted by Crippen LogP contribution is 2.25. The van der Waals surface area contributed by atoms with Crippen molar-refractivity contribution in [1.29, 1.82) is 0 Å². The average molecular weight is 395 g/mol. The molecule has 1 aliphatic heterocycles. The normalized spacial score (nSPS) is 17.7. The highest BCUT2D eigenvalue weighted by molar-refractivity contribution is 9.10. The molecule has 1 heterocycles. The molecule has 0 aliphatic carbocycles. The lowest BCUT2D eigenvalue weighted by atomic mass is 9.95. The second-order valence-electron chi connectivity index (χ2n) is 5.74. The van der Waals surface area contributed by atoms with Crippen molar-refractivity contribution in [2.24, 2.45) is 0 Å². The highest BCUT2D eigenvalue weighted by Gasteiger charge is 2.23. The van der Waals surface area contributed by atoms with E-state index < -0.39 is 10.0 Å². The summed E-state index contributed by atoms with van der Waals surface area (Å²) < 4.78 is 28.5. The molecule has 3 rings (SSSR count). The van der Waals surface area contributed by atoms with Gasteiger partial charge in [0.15, 0.2) is 0 Å². The van der Waals surface area contributed by atoms with Crippen LogP contribution in [0.25, 0.3) is 0 Å². The summed E-state index contributed by atoms with van der Waals surface area (Å²) in [6, 6.07) is 13.5. The topological polar surface area (TPSA) is 58.2 Å². The largest absolute Gasteiger partial charge is 0.308 e. The van der Waals surface area contributed by atoms with Crippen molar-refractivity contribution in [1.82, 2.24) is 10.0 Å². The van der Waals surface area contributed by atoms with Gasteiger partial charge in [-0.25, -0.2) is 13.1 Å². The van der Waals surface area contributed by atoms with Gasteiger partial charge in [-0.1, -0.05) is 30.3 Å². The molecule has 23 heavy (non-hydrogen) atoms. The van der Waals surface area contributed by atoms with Crippen molar-refractivity contribution in [2.45, 2.75) is 24.3 Å². The fourth-order valence-electron chi connectivity index (χ4n) is 2.86. The Bertz CT molecular complexity index is 821. The van der Waals surface area contributed by atoms with E-state index in [0.29, 0.717) is 11.0 Å². The van der Waals surface area contributed by atoms with E-state index in [1.165, 1.54) is 11.1 Å². The first-order valence-electron chi connectivity index (χ1n) is 7.54. The van der Waals surface area contributed by atoms with E-state index in [0.717, 1.165) is 18.5 Å². The molecule has 0 aromatic heterocycles. The first kappa shape index (κ1) is 16.6. The zero-order valence-electron chi connectivity index (χ0n) is 12.8. The van der Waals surface area contributed by atoms with Gasteiger partial charge in [0.2, 0.25) is 10.0 Å². The molecule has 4 nitrogen and oxygen atoms in total. The molecule has 1 unspecified atom stereocenters. The van der Waals surface area contributed by atoms with Crippen molar-refractivity contribution in [3.8, 4) is 0 Å². The molecule has 2 N–H and O–H groups in total. The standard InChI is InChI=1S/C17H19BrN2O2S/c1-12-6-7-15(18)17(10-12)23(21,22)20-11-16-14-5-3-2-4-13(14)8-9-19-16/h2-7,10,16,19-20H,8-9,11H2,1H3. The first-order valence-corrected chi connectivity index (χ1v) is 9.82. The Labute approximate surface area is 145 Å². The van der Waals surface area contributed by atoms with Gasteiger partial charge in [-0.15, -0.1) is 0 Å². The van der Waals surface area contributed by atoms with Crippen LogP contribution in [0.2, 0.25) is 0 Å². The molecule has 0 saturated heterocycles. The summed E-state index contributed by atoms with van der Waals surface area (Å²) in [6.45, 7) is 3.07. The van der Waals surface area contributed by atoms with Crippen molar-refractivity contribution >= 4 is 26.0 Å². The van der Waals surface area contributed by atoms with E-state index in [-0.39, 0.29) is 10.9 Å². The van der Waals surface area contributed by atoms with Gasteiger partial charge in [-0.2, -0.15) is 0 Å². The van der Waals surface area contributed by atoms with E-state index in [1.54, 1.807) is 12.1 Å². The van der Waals surface area contributed by atoms with Crippen LogP contribution in [0.4, 0.5) is 0 Å². The van der Waals surface area contributed by atoms with E-state index >= 15 is 0 Å². The van der Waals surface area contributed by atoms with Crippen LogP contribution in [0.5, 0.6) is 0 Å². The van der Waals surface area contributed by atoms with Crippen LogP contribution in [0.15, 0.2) is 51.8 Å². The maximum absolute atomic E-state index is 12.6. The lowest BCUT2D eigenvalue weighted by Gasteiger charge is -2.27. The van der Waals surface area contributed by atoms with Crippen LogP contribution in [0, 0.1) is 6.92 Å². The molecule has 0 saturated carbocycles. The molecule has 6 heteroatoms. The molecule has 1 atom stereocenters. The van der Waals surface area contributed by atoms with Crippen molar-refractivity contribution in [3.05, 3.63) is 63.6 Å². The quantitative estimate of drug-likeness (QED) is 0.837. The van der Waals surface area contributed by atoms with Gasteiger partial charge < -0.3 is 5.32 Å². The second-order valence-corrected chi connectivity index (χ2v) is 8.33. The predicted octanol–water partition coefficient (Wildman–Crippen LogP) is 2.92. The van der Waals surface area contributed by atoms with Gasteiger partial charge >= 0.3 is 0 Å². The van der Waals surface area contributed by atoms with E-state index in [2.05, 4.69) is 38.1 Å². The SMILES string of the molecule is Cc1ccc(Br)c(S(=O)(=O)NCC2NCCc3ccccc32)c1. The Balaban J connectivity index is 1.79. The third-order valence-corrected chi connectivity index (χ3v) is 6.49. The van der Waals surface area contributed by atoms with Gasteiger partial charge in [-0.05, 0) is 64.6 Å². The highest BCUT2D eigenvalue weighted by atomic mass is 79.9. The number of hydrogen-bond acceptors (Lipinski definition) is 3. The smallest absolute Gasteiger partial charge is 0.241 e. The molecule has 2 aromatic carbocycles. The Morgan fingerprint density at radius 2 is 2.04 bits per heavy atom. The van der Waals surface area contributed by atoms with Gasteiger partial charge in [0, 0.05) is 17.1 Å². The van der Waals surface area contributed by atoms with Crippen LogP contribution < -0.4 is 10.0 Å². The average Bonchev–Trinajstić information content (AvgIpc) is 2.55. The summed E-state index contributed by atoms with van der Waals surface area (Å²) in [7, 11) is -3.55. The van der Waals surface area contributed by atoms with Crippen LogP contribution in [-0.4, -0.2) is 21.5 Å². The minimum atomic E-state index is -3.55. The number of halogens is 1. The van der Waals surface area contributed by atoms with Crippen molar-refractivity contribution < 1.29 is 8.42 Å². The summed E-state index contributed by atoms with van der Waals surface area (Å²) in [5.74, 6) is 0. The molecular formula is C17H19BrN2O2S. The minimum Gasteiger partial charge on any atom is -0.308 e. The summed E-state index contributed by atoms with van der Waals surface area (Å²) in [5, 5.41) is 3.39. The zero-order chi connectivity index (χ0) is 16.4. The number of fused-ring (bicyclic) bond motifs is 1. The van der Waals surface area contributed by atoms with Gasteiger partial charge in [0.25, 0.3) is 0 Å². The first-order chi connectivity index (χ1) is 11.0. The second kappa shape index (κ2) is 6.73. The van der Waals surface area contributed by atoms with Gasteiger partial charge in [0.05, 0.1) is 4.90 Å². The van der Waals surface area contributed by atoms with Crippen LogP contribution in [0.3, 0.4) is 0 Å². The monoisotopic (exact) mass is 394 g/mol. The molecule has 0 fully saturated rings. The summed E-state index contributed by atoms with van der Waals surface area (Å²) in [4.78, 5) is 0.279. The number of rotatable bonds is 4. The number of hydrogen-bond donors (Lipinski definition) is 2. The predicted molar refractivity (Wildman–Crippen MR) is 95.0 cm³/mol. The van der Waals surface area contributed by atoms with E-state index in [9.17, 15) is 8.42 Å². The lowest BCUT2D eigenvalue weighted by Crippen LogP contribution is -2.38. The third-order valence-electron chi connectivity index (χ3n) is 4.07. The van der Waals surface area contributed by atoms with Gasteiger partial charge in [-0.3, -0.25) is 0 Å². The molecule has 0 bridgehead atoms. The van der Waals surface area contributed by atoms with Crippen molar-refractivity contribution in [3.63, 3.8) is 0 Å². The zero-order valence-corrected chi connectivity index (χ0v) is 15.2. The third kappa shape index (κ3) is 3.66. The number of aryl methyl sites for hydroxylation is 1. The van der Waals surface area contributed by atoms with Gasteiger partial charge in [0.1, 0.15) is 0 Å². The van der Waals surface area contributed by atoms with E-state index in [1.807, 2.05) is 25.1 Å². The fraction of sp³-hybridized carbons (Fsp3) is 0.294. The molecular weight excluding hydrogens is 376 g/mol. The lowest BCUT2D eigenvalue weighted by molar-refractivity contribution is 0.491. The fourth-order valence-corrected chi connectivity index (χ4v) is 4.96. The maximum Gasteiger partial charge on any atom is 0.241 e. The summed E-state index contributed by atoms with van der Waals surface area (Å²) >= 11 is 3.32. The number of benzene rings is 2. The van der Waals surface area contributed by atoms with Crippen LogP contribution >= 0.6 is 15.9 Å². The van der Waals surface area contributed by atoms with Crippen molar-refractivity contribution in [2.75, 3.05) is 13.1 Å². The van der Waals surface area contributed by atoms with E-state index in [4.69, 9.17) is 0 Å². The van der Waals surface area contributed by atoms with Crippen LogP contribution in [0.1, 0.15) is 22.7 Å².